The van der Waals surface area contributed by atoms with E-state index in [4.69, 9.17) is 15.3 Å². The zero-order chi connectivity index (χ0) is 37.0. The number of amides is 4. The van der Waals surface area contributed by atoms with Gasteiger partial charge in [0, 0.05) is 68.2 Å². The van der Waals surface area contributed by atoms with Crippen LogP contribution in [0, 0.1) is 17.8 Å². The van der Waals surface area contributed by atoms with Crippen LogP contribution in [0.2, 0.25) is 0 Å². The first kappa shape index (κ1) is 37.3. The highest BCUT2D eigenvalue weighted by Crippen LogP contribution is 2.47. The number of carbonyl (C=O) groups is 5. The standard InChI is InChI=1S/C37H42N6O9/c38-17-3-18-39-31(44)4-1-6-33(46)41-24-10-12-26-27-13-11-25(42-34(47)7-2-5-32(45)40-19-16-23-8-9-23)21-29(27)30(28(26)20-24)22-51-37(50)52-43-35(48)14-15-36(43)49/h10-15,20-21,23,30,48-49H,1-7,16-19,22,38H2,(H,39,44)(H,40,45)(H,41,46)(H,42,47). The summed E-state index contributed by atoms with van der Waals surface area (Å²) in [5.41, 5.74) is 9.55. The van der Waals surface area contributed by atoms with Crippen molar-refractivity contribution in [3.05, 3.63) is 59.7 Å². The number of hydrogen-bond donors (Lipinski definition) is 7. The number of rotatable bonds is 19. The van der Waals surface area contributed by atoms with Crippen LogP contribution in [-0.2, 0) is 23.9 Å². The zero-order valence-corrected chi connectivity index (χ0v) is 28.5. The monoisotopic (exact) mass is 714 g/mol. The average Bonchev–Trinajstić information content (AvgIpc) is 3.82. The maximum atomic E-state index is 12.8. The molecule has 1 atom stereocenters. The molecule has 2 aromatic carbocycles. The van der Waals surface area contributed by atoms with E-state index in [1.165, 1.54) is 0 Å². The summed E-state index contributed by atoms with van der Waals surface area (Å²) in [5.74, 6) is 3.71. The van der Waals surface area contributed by atoms with Crippen LogP contribution in [0.3, 0.4) is 0 Å². The van der Waals surface area contributed by atoms with Crippen LogP contribution in [0.5, 0.6) is 11.8 Å². The second kappa shape index (κ2) is 17.8. The highest BCUT2D eigenvalue weighted by Gasteiger charge is 2.31. The topological polar surface area (TPSA) is 223 Å². The Morgan fingerprint density at radius 2 is 1.23 bits per heavy atom. The van der Waals surface area contributed by atoms with E-state index < -0.39 is 23.8 Å². The minimum atomic E-state index is -1.19. The van der Waals surface area contributed by atoms with Gasteiger partial charge in [-0.2, -0.15) is 0 Å². The van der Waals surface area contributed by atoms with Crippen LogP contribution < -0.4 is 31.8 Å². The number of benzene rings is 2. The molecule has 0 aliphatic heterocycles. The predicted molar refractivity (Wildman–Crippen MR) is 190 cm³/mol. The number of nitrogens with two attached hydrogens (primary N) is 1. The minimum absolute atomic E-state index is 0.121. The maximum Gasteiger partial charge on any atom is 0.534 e. The van der Waals surface area contributed by atoms with Crippen molar-refractivity contribution in [3.8, 4) is 34.7 Å². The number of carbonyl (C=O) groups excluding carboxylic acids is 5. The number of hydrogen-bond acceptors (Lipinski definition) is 10. The minimum Gasteiger partial charge on any atom is -0.492 e. The molecule has 1 aromatic heterocycles. The Kier molecular flexibility index (Phi) is 12.7. The predicted octanol–water partition coefficient (Wildman–Crippen LogP) is 3.10. The average molecular weight is 715 g/mol. The molecular weight excluding hydrogens is 672 g/mol. The number of anilines is 2. The summed E-state index contributed by atoms with van der Waals surface area (Å²) >= 11 is 0. The van der Waals surface area contributed by atoms with Gasteiger partial charge in [-0.05, 0) is 78.7 Å². The Bertz CT molecular complexity index is 1850. The summed E-state index contributed by atoms with van der Waals surface area (Å²) < 4.78 is 5.94. The second-order valence-corrected chi connectivity index (χ2v) is 12.4. The fraction of sp³-hybridized carbons (Fsp3) is 0.378. The summed E-state index contributed by atoms with van der Waals surface area (Å²) in [6.45, 7) is 1.28. The molecule has 0 saturated carbocycles. The Balaban J connectivity index is 1.23. The Hall–Kier alpha value is -6.01. The number of aromatic nitrogens is 1. The molecule has 0 saturated heterocycles. The molecule has 274 valence electrons. The van der Waals surface area contributed by atoms with Gasteiger partial charge in [0.2, 0.25) is 35.4 Å². The first-order valence-corrected chi connectivity index (χ1v) is 17.2. The number of nitrogens with one attached hydrogen (secondary N) is 4. The van der Waals surface area contributed by atoms with Gasteiger partial charge in [-0.3, -0.25) is 24.0 Å². The van der Waals surface area contributed by atoms with Crippen LogP contribution in [0.15, 0.2) is 48.5 Å². The Morgan fingerprint density at radius 3 is 1.75 bits per heavy atom. The first-order chi connectivity index (χ1) is 25.1. The lowest BCUT2D eigenvalue weighted by Gasteiger charge is -2.16. The Morgan fingerprint density at radius 1 is 0.712 bits per heavy atom. The van der Waals surface area contributed by atoms with Crippen molar-refractivity contribution in [2.24, 2.45) is 11.7 Å². The largest absolute Gasteiger partial charge is 0.534 e. The molecule has 15 heteroatoms. The molecule has 3 aromatic rings. The van der Waals surface area contributed by atoms with Gasteiger partial charge in [-0.1, -0.05) is 24.0 Å². The Labute approximate surface area is 300 Å². The van der Waals surface area contributed by atoms with Crippen molar-refractivity contribution >= 4 is 41.2 Å². The number of ether oxygens (including phenoxy) is 1. The van der Waals surface area contributed by atoms with Gasteiger partial charge in [0.05, 0.1) is 5.92 Å². The molecule has 15 nitrogen and oxygen atoms in total. The third-order valence-electron chi connectivity index (χ3n) is 8.47. The van der Waals surface area contributed by atoms with Crippen molar-refractivity contribution in [3.63, 3.8) is 0 Å². The van der Waals surface area contributed by atoms with Crippen LogP contribution in [0.4, 0.5) is 16.2 Å². The van der Waals surface area contributed by atoms with Gasteiger partial charge in [0.25, 0.3) is 0 Å². The van der Waals surface area contributed by atoms with E-state index in [2.05, 4.69) is 33.1 Å². The summed E-state index contributed by atoms with van der Waals surface area (Å²) in [5, 5.41) is 31.0. The molecule has 52 heavy (non-hydrogen) atoms. The summed E-state index contributed by atoms with van der Waals surface area (Å²) in [6.07, 6.45) is 1.68. The molecule has 1 heterocycles. The van der Waals surface area contributed by atoms with Gasteiger partial charge in [-0.25, -0.2) is 4.79 Å². The highest BCUT2D eigenvalue weighted by molar-refractivity contribution is 5.94. The molecular formula is C37H42N6O9. The van der Waals surface area contributed by atoms with Crippen LogP contribution in [0.1, 0.15) is 68.4 Å². The fourth-order valence-electron chi connectivity index (χ4n) is 5.77. The van der Waals surface area contributed by atoms with E-state index >= 15 is 0 Å². The van der Waals surface area contributed by atoms with E-state index in [1.807, 2.05) is 12.1 Å². The third kappa shape index (κ3) is 10.5. The number of aromatic hydroxyl groups is 2. The molecule has 4 amide bonds. The van der Waals surface area contributed by atoms with Gasteiger partial charge in [-0.15, -0.1) is 4.73 Å². The van der Waals surface area contributed by atoms with E-state index in [0.29, 0.717) is 55.0 Å². The molecule has 5 rings (SSSR count). The molecule has 0 spiro atoms. The second-order valence-electron chi connectivity index (χ2n) is 12.4. The first-order valence-electron chi connectivity index (χ1n) is 17.2. The number of nitrogens with zero attached hydrogens (tertiary/aromatic N) is 1. The molecule has 0 bridgehead atoms. The van der Waals surface area contributed by atoms with Gasteiger partial charge >= 0.3 is 6.16 Å². The SMILES string of the molecule is NCCCNC(=O)CCCC(=O)Nc1ccc2c(c1)C(COC(=O)On1c(O)ccc1O)c1cc(NC(=O)CCCC(=O)NCCC3C#C3)ccc1-2. The van der Waals surface area contributed by atoms with Crippen molar-refractivity contribution in [1.82, 2.24) is 15.4 Å². The van der Waals surface area contributed by atoms with Gasteiger partial charge in [0.1, 0.15) is 6.61 Å². The van der Waals surface area contributed by atoms with E-state index in [-0.39, 0.29) is 61.8 Å². The van der Waals surface area contributed by atoms with Crippen molar-refractivity contribution < 1.29 is 43.8 Å². The van der Waals surface area contributed by atoms with Crippen molar-refractivity contribution in [1.29, 1.82) is 0 Å². The van der Waals surface area contributed by atoms with Crippen molar-refractivity contribution in [2.45, 2.75) is 57.3 Å². The summed E-state index contributed by atoms with van der Waals surface area (Å²) in [6, 6.07) is 13.0. The lowest BCUT2D eigenvalue weighted by molar-refractivity contribution is -0.122. The van der Waals surface area contributed by atoms with Gasteiger partial charge < -0.3 is 42.0 Å². The highest BCUT2D eigenvalue weighted by atomic mass is 16.8. The van der Waals surface area contributed by atoms with Crippen LogP contribution >= 0.6 is 0 Å². The smallest absolute Gasteiger partial charge is 0.492 e. The molecule has 1 unspecified atom stereocenters. The molecule has 0 fully saturated rings. The zero-order valence-electron chi connectivity index (χ0n) is 28.5. The van der Waals surface area contributed by atoms with Gasteiger partial charge in [0.15, 0.2) is 0 Å². The van der Waals surface area contributed by atoms with Crippen LogP contribution in [0.25, 0.3) is 11.1 Å². The van der Waals surface area contributed by atoms with E-state index in [9.17, 15) is 34.2 Å². The fourth-order valence-corrected chi connectivity index (χ4v) is 5.77. The van der Waals surface area contributed by atoms with Crippen molar-refractivity contribution in [2.75, 3.05) is 36.9 Å². The molecule has 2 aliphatic carbocycles. The third-order valence-corrected chi connectivity index (χ3v) is 8.47. The molecule has 8 N–H and O–H groups in total. The normalized spacial score (nSPS) is 13.5. The van der Waals surface area contributed by atoms with E-state index in [0.717, 1.165) is 40.8 Å². The lowest BCUT2D eigenvalue weighted by Crippen LogP contribution is -2.26. The summed E-state index contributed by atoms with van der Waals surface area (Å²) in [7, 11) is 0. The number of fused-ring (bicyclic) bond motifs is 3. The molecule has 2 aliphatic rings. The van der Waals surface area contributed by atoms with Crippen LogP contribution in [-0.4, -0.2) is 71.0 Å². The van der Waals surface area contributed by atoms with E-state index in [1.54, 1.807) is 24.3 Å². The quantitative estimate of drug-likeness (QED) is 0.0546. The maximum absolute atomic E-state index is 12.8. The molecule has 0 radical (unpaired) electrons. The lowest BCUT2D eigenvalue weighted by atomic mass is 9.97. The summed E-state index contributed by atoms with van der Waals surface area (Å²) in [4.78, 5) is 67.2.